The summed E-state index contributed by atoms with van der Waals surface area (Å²) in [6, 6.07) is 10.7. The van der Waals surface area contributed by atoms with Crippen molar-refractivity contribution in [3.8, 4) is 0 Å². The summed E-state index contributed by atoms with van der Waals surface area (Å²) in [5, 5.41) is 7.00. The maximum absolute atomic E-state index is 12.6. The number of carbonyl (C=O) groups is 1. The van der Waals surface area contributed by atoms with Gasteiger partial charge in [-0.1, -0.05) is 38.1 Å². The molecule has 26 heavy (non-hydrogen) atoms. The molecule has 3 rings (SSSR count). The minimum absolute atomic E-state index is 0.0457. The van der Waals surface area contributed by atoms with E-state index >= 15 is 0 Å². The van der Waals surface area contributed by atoms with Crippen LogP contribution in [0.1, 0.15) is 19.4 Å². The van der Waals surface area contributed by atoms with Gasteiger partial charge >= 0.3 is 6.03 Å². The molecule has 0 aliphatic heterocycles. The minimum atomic E-state index is -0.325. The average molecular weight is 350 g/mol. The number of carbonyl (C=O) groups excluding carboxylic acids is 1. The van der Waals surface area contributed by atoms with Crippen molar-refractivity contribution in [2.75, 3.05) is 5.32 Å². The fraction of sp³-hybridized carbons (Fsp3) is 0.250. The molecule has 6 nitrogen and oxygen atoms in total. The maximum Gasteiger partial charge on any atom is 0.319 e. The van der Waals surface area contributed by atoms with Crippen LogP contribution in [0.3, 0.4) is 0 Å². The second-order valence-electron chi connectivity index (χ2n) is 6.61. The van der Waals surface area contributed by atoms with Crippen molar-refractivity contribution in [3.63, 3.8) is 0 Å². The third kappa shape index (κ3) is 4.08. The second kappa shape index (κ2) is 7.82. The van der Waals surface area contributed by atoms with Gasteiger partial charge in [-0.15, -0.1) is 0 Å². The van der Waals surface area contributed by atoms with E-state index in [4.69, 9.17) is 0 Å². The van der Waals surface area contributed by atoms with E-state index in [1.165, 1.54) is 0 Å². The molecule has 0 aliphatic rings. The highest BCUT2D eigenvalue weighted by Crippen LogP contribution is 2.20. The Kier molecular flexibility index (Phi) is 5.31. The summed E-state index contributed by atoms with van der Waals surface area (Å²) >= 11 is 0. The zero-order valence-corrected chi connectivity index (χ0v) is 14.9. The number of benzene rings is 1. The number of urea groups is 1. The van der Waals surface area contributed by atoms with Crippen molar-refractivity contribution in [1.29, 1.82) is 0 Å². The van der Waals surface area contributed by atoms with Gasteiger partial charge in [-0.25, -0.2) is 4.79 Å². The van der Waals surface area contributed by atoms with E-state index in [0.29, 0.717) is 30.1 Å². The van der Waals surface area contributed by atoms with Gasteiger partial charge in [0.05, 0.1) is 5.69 Å². The van der Waals surface area contributed by atoms with Crippen LogP contribution in [0.4, 0.5) is 10.5 Å². The molecule has 0 saturated heterocycles. The average Bonchev–Trinajstić information content (AvgIpc) is 2.64. The number of hydrogen-bond donors (Lipinski definition) is 2. The lowest BCUT2D eigenvalue weighted by Crippen LogP contribution is -2.30. The van der Waals surface area contributed by atoms with Gasteiger partial charge in [-0.05, 0) is 23.6 Å². The summed E-state index contributed by atoms with van der Waals surface area (Å²) < 4.78 is 1.66. The summed E-state index contributed by atoms with van der Waals surface area (Å²) in [4.78, 5) is 29.0. The molecule has 0 aliphatic carbocycles. The van der Waals surface area contributed by atoms with Crippen molar-refractivity contribution in [1.82, 2.24) is 14.9 Å². The number of fused-ring (bicyclic) bond motifs is 1. The summed E-state index contributed by atoms with van der Waals surface area (Å²) in [5.41, 5.74) is 1.48. The number of hydrogen-bond acceptors (Lipinski definition) is 3. The van der Waals surface area contributed by atoms with Gasteiger partial charge in [-0.2, -0.15) is 0 Å². The molecule has 1 aromatic carbocycles. The number of nitrogens with zero attached hydrogens (tertiary/aromatic N) is 2. The van der Waals surface area contributed by atoms with Crippen LogP contribution in [0, 0.1) is 5.92 Å². The summed E-state index contributed by atoms with van der Waals surface area (Å²) in [7, 11) is 0. The first-order chi connectivity index (χ1) is 12.5. The van der Waals surface area contributed by atoms with Gasteiger partial charge in [0.2, 0.25) is 0 Å². The van der Waals surface area contributed by atoms with Crippen LogP contribution in [-0.4, -0.2) is 15.6 Å². The molecule has 0 fully saturated rings. The molecule has 6 heteroatoms. The topological polar surface area (TPSA) is 76.0 Å². The lowest BCUT2D eigenvalue weighted by Gasteiger charge is -2.15. The number of aromatic nitrogens is 2. The Balaban J connectivity index is 1.85. The number of rotatable bonds is 5. The molecule has 0 saturated carbocycles. The van der Waals surface area contributed by atoms with Crippen LogP contribution in [0.5, 0.6) is 0 Å². The summed E-state index contributed by atoms with van der Waals surface area (Å²) in [6.07, 6.45) is 5.11. The van der Waals surface area contributed by atoms with E-state index in [0.717, 1.165) is 10.9 Å². The molecule has 134 valence electrons. The van der Waals surface area contributed by atoms with E-state index in [9.17, 15) is 9.59 Å². The monoisotopic (exact) mass is 350 g/mol. The van der Waals surface area contributed by atoms with Crippen molar-refractivity contribution in [2.24, 2.45) is 5.92 Å². The first-order valence-electron chi connectivity index (χ1n) is 8.60. The Morgan fingerprint density at radius 1 is 1.15 bits per heavy atom. The SMILES string of the molecule is CC(C)Cn1cc(NC(=O)NCc2cccnc2)c2ccccc2c1=O. The highest BCUT2D eigenvalue weighted by Gasteiger charge is 2.11. The quantitative estimate of drug-likeness (QED) is 0.741. The normalized spacial score (nSPS) is 10.9. The third-order valence-corrected chi connectivity index (χ3v) is 3.98. The van der Waals surface area contributed by atoms with Crippen molar-refractivity contribution in [2.45, 2.75) is 26.9 Å². The number of anilines is 1. The lowest BCUT2D eigenvalue weighted by atomic mass is 10.1. The van der Waals surface area contributed by atoms with Crippen LogP contribution in [0.25, 0.3) is 10.8 Å². The molecule has 2 amide bonds. The van der Waals surface area contributed by atoms with Gasteiger partial charge in [0.25, 0.3) is 5.56 Å². The highest BCUT2D eigenvalue weighted by atomic mass is 16.2. The Hall–Kier alpha value is -3.15. The van der Waals surface area contributed by atoms with E-state index in [1.54, 1.807) is 29.2 Å². The second-order valence-corrected chi connectivity index (χ2v) is 6.61. The number of pyridine rings is 2. The lowest BCUT2D eigenvalue weighted by molar-refractivity contribution is 0.251. The zero-order valence-electron chi connectivity index (χ0n) is 14.9. The maximum atomic E-state index is 12.6. The van der Waals surface area contributed by atoms with Crippen LogP contribution in [0.2, 0.25) is 0 Å². The zero-order chi connectivity index (χ0) is 18.5. The summed E-state index contributed by atoms with van der Waals surface area (Å²) in [5.74, 6) is 0.320. The van der Waals surface area contributed by atoms with Crippen LogP contribution in [0.15, 0.2) is 59.8 Å². The Labute approximate surface area is 151 Å². The van der Waals surface area contributed by atoms with E-state index < -0.39 is 0 Å². The van der Waals surface area contributed by atoms with Crippen molar-refractivity contribution < 1.29 is 4.79 Å². The van der Waals surface area contributed by atoms with Gasteiger partial charge in [0, 0.05) is 42.5 Å². The molecule has 3 aromatic rings. The Morgan fingerprint density at radius 3 is 2.62 bits per heavy atom. The number of nitrogens with one attached hydrogen (secondary N) is 2. The minimum Gasteiger partial charge on any atom is -0.334 e. The fourth-order valence-corrected chi connectivity index (χ4v) is 2.82. The molecule has 0 spiro atoms. The highest BCUT2D eigenvalue weighted by molar-refractivity contribution is 6.00. The largest absolute Gasteiger partial charge is 0.334 e. The molecule has 0 atom stereocenters. The molecule has 2 aromatic heterocycles. The molecule has 0 bridgehead atoms. The molecular formula is C20H22N4O2. The third-order valence-electron chi connectivity index (χ3n) is 3.98. The summed E-state index contributed by atoms with van der Waals surface area (Å²) in [6.45, 7) is 5.07. The molecular weight excluding hydrogens is 328 g/mol. The van der Waals surface area contributed by atoms with Crippen molar-refractivity contribution >= 4 is 22.5 Å². The predicted molar refractivity (Wildman–Crippen MR) is 103 cm³/mol. The van der Waals surface area contributed by atoms with Gasteiger partial charge < -0.3 is 15.2 Å². The standard InChI is InChI=1S/C20H22N4O2/c1-14(2)12-24-13-18(16-7-3-4-8-17(16)19(24)25)23-20(26)22-11-15-6-5-9-21-10-15/h3-10,13-14H,11-12H2,1-2H3,(H2,22,23,26). The van der Waals surface area contributed by atoms with Crippen LogP contribution in [-0.2, 0) is 13.1 Å². The Bertz CT molecular complexity index is 964. The Morgan fingerprint density at radius 2 is 1.92 bits per heavy atom. The van der Waals surface area contributed by atoms with Gasteiger partial charge in [0.1, 0.15) is 0 Å². The van der Waals surface area contributed by atoms with Gasteiger partial charge in [0.15, 0.2) is 0 Å². The van der Waals surface area contributed by atoms with Crippen LogP contribution < -0.4 is 16.2 Å². The predicted octanol–water partition coefficient (Wildman–Crippen LogP) is 3.37. The smallest absolute Gasteiger partial charge is 0.319 e. The molecule has 2 N–H and O–H groups in total. The van der Waals surface area contributed by atoms with E-state index in [2.05, 4.69) is 29.5 Å². The fourth-order valence-electron chi connectivity index (χ4n) is 2.82. The van der Waals surface area contributed by atoms with Gasteiger partial charge in [-0.3, -0.25) is 9.78 Å². The first-order valence-corrected chi connectivity index (χ1v) is 8.60. The molecule has 0 unspecified atom stereocenters. The molecule has 0 radical (unpaired) electrons. The van der Waals surface area contributed by atoms with Crippen molar-refractivity contribution in [3.05, 3.63) is 70.9 Å². The van der Waals surface area contributed by atoms with Crippen LogP contribution >= 0.6 is 0 Å². The number of amides is 2. The van der Waals surface area contributed by atoms with E-state index in [-0.39, 0.29) is 11.6 Å². The first kappa shape index (κ1) is 17.7. The van der Waals surface area contributed by atoms with E-state index in [1.807, 2.05) is 30.3 Å². The molecule has 2 heterocycles.